The molecular formula is C18H29N7O. The number of guanidine groups is 1. The summed E-state index contributed by atoms with van der Waals surface area (Å²) in [5.74, 6) is 1.61. The Bertz CT molecular complexity index is 721. The number of aryl methyl sites for hydroxylation is 2. The Labute approximate surface area is 154 Å². The molecule has 0 bridgehead atoms. The molecular weight excluding hydrogens is 330 g/mol. The lowest BCUT2D eigenvalue weighted by Gasteiger charge is -2.34. The Hall–Kier alpha value is -2.51. The maximum absolute atomic E-state index is 5.32. The van der Waals surface area contributed by atoms with Crippen LogP contribution in [0.25, 0.3) is 0 Å². The van der Waals surface area contributed by atoms with Crippen molar-refractivity contribution < 1.29 is 4.52 Å². The topological polar surface area (TPSA) is 83.5 Å². The average Bonchev–Trinajstić information content (AvgIpc) is 3.29. The molecule has 1 aliphatic heterocycles. The molecule has 0 amide bonds. The molecule has 2 aromatic rings. The number of aliphatic imine (C=N–C) groups is 1. The average molecular weight is 359 g/mol. The molecule has 1 fully saturated rings. The van der Waals surface area contributed by atoms with E-state index in [-0.39, 0.29) is 0 Å². The van der Waals surface area contributed by atoms with Gasteiger partial charge in [-0.3, -0.25) is 4.68 Å². The van der Waals surface area contributed by atoms with E-state index in [1.807, 2.05) is 24.0 Å². The number of hydrogen-bond acceptors (Lipinski definition) is 5. The van der Waals surface area contributed by atoms with Crippen LogP contribution in [-0.4, -0.2) is 46.6 Å². The number of hydrogen-bond donors (Lipinski definition) is 2. The fourth-order valence-corrected chi connectivity index (χ4v) is 3.17. The largest absolute Gasteiger partial charge is 0.367 e. The molecule has 142 valence electrons. The van der Waals surface area contributed by atoms with Gasteiger partial charge in [0.1, 0.15) is 6.54 Å². The first kappa shape index (κ1) is 18.3. The van der Waals surface area contributed by atoms with E-state index in [0.717, 1.165) is 56.3 Å². The van der Waals surface area contributed by atoms with E-state index >= 15 is 0 Å². The number of nitrogens with one attached hydrogen (secondary N) is 2. The molecule has 0 radical (unpaired) electrons. The molecule has 1 aliphatic rings. The minimum atomic E-state index is 0.350. The van der Waals surface area contributed by atoms with Crippen LogP contribution in [0.5, 0.6) is 0 Å². The molecule has 2 N–H and O–H groups in total. The number of anilines is 1. The molecule has 0 aromatic carbocycles. The Morgan fingerprint density at radius 1 is 1.42 bits per heavy atom. The number of nitrogens with zero attached hydrogens (tertiary/aromatic N) is 5. The third kappa shape index (κ3) is 4.77. The lowest BCUT2D eigenvalue weighted by atomic mass is 10.1. The van der Waals surface area contributed by atoms with Crippen molar-refractivity contribution in [1.82, 2.24) is 25.6 Å². The van der Waals surface area contributed by atoms with Crippen molar-refractivity contribution in [1.29, 1.82) is 0 Å². The standard InChI is InChI=1S/C18H29N7O/c1-4-14-9-17(26-23-14)11-20-18(19-5-2)22-15-7-6-8-25(12-15)16-10-21-24(3)13-16/h9-10,13,15H,4-8,11-12H2,1-3H3,(H2,19,20,22). The Balaban J connectivity index is 1.60. The molecule has 8 nitrogen and oxygen atoms in total. The minimum absolute atomic E-state index is 0.350. The van der Waals surface area contributed by atoms with E-state index in [0.29, 0.717) is 12.6 Å². The van der Waals surface area contributed by atoms with Gasteiger partial charge < -0.3 is 20.1 Å². The summed E-state index contributed by atoms with van der Waals surface area (Å²) in [6.45, 7) is 7.45. The van der Waals surface area contributed by atoms with Gasteiger partial charge in [-0.2, -0.15) is 5.10 Å². The lowest BCUT2D eigenvalue weighted by Crippen LogP contribution is -2.51. The first-order chi connectivity index (χ1) is 12.7. The van der Waals surface area contributed by atoms with E-state index in [4.69, 9.17) is 4.52 Å². The Kier molecular flexibility index (Phi) is 6.14. The fraction of sp³-hybridized carbons (Fsp3) is 0.611. The van der Waals surface area contributed by atoms with Crippen molar-refractivity contribution in [3.05, 3.63) is 29.9 Å². The summed E-state index contributed by atoms with van der Waals surface area (Å²) in [7, 11) is 1.95. The van der Waals surface area contributed by atoms with Crippen LogP contribution in [0.15, 0.2) is 28.0 Å². The molecule has 0 spiro atoms. The quantitative estimate of drug-likeness (QED) is 0.603. The molecule has 0 saturated carbocycles. The van der Waals surface area contributed by atoms with E-state index in [1.165, 1.54) is 5.69 Å². The van der Waals surface area contributed by atoms with Crippen LogP contribution in [-0.2, 0) is 20.0 Å². The van der Waals surface area contributed by atoms with Gasteiger partial charge in [-0.1, -0.05) is 12.1 Å². The van der Waals surface area contributed by atoms with Gasteiger partial charge in [0.25, 0.3) is 0 Å². The van der Waals surface area contributed by atoms with Crippen LogP contribution in [0.4, 0.5) is 5.69 Å². The normalized spacial score (nSPS) is 18.2. The SMILES string of the molecule is CCNC(=NCc1cc(CC)no1)NC1CCCN(c2cnn(C)c2)C1. The second-order valence-electron chi connectivity index (χ2n) is 6.63. The third-order valence-electron chi connectivity index (χ3n) is 4.53. The van der Waals surface area contributed by atoms with Gasteiger partial charge in [0, 0.05) is 45.0 Å². The lowest BCUT2D eigenvalue weighted by molar-refractivity contribution is 0.379. The fourth-order valence-electron chi connectivity index (χ4n) is 3.17. The second-order valence-corrected chi connectivity index (χ2v) is 6.63. The smallest absolute Gasteiger partial charge is 0.191 e. The maximum Gasteiger partial charge on any atom is 0.191 e. The molecule has 0 aliphatic carbocycles. The summed E-state index contributed by atoms with van der Waals surface area (Å²) in [5.41, 5.74) is 2.14. The summed E-state index contributed by atoms with van der Waals surface area (Å²) < 4.78 is 7.17. The molecule has 3 rings (SSSR count). The minimum Gasteiger partial charge on any atom is -0.367 e. The van der Waals surface area contributed by atoms with Crippen molar-refractivity contribution in [3.63, 3.8) is 0 Å². The van der Waals surface area contributed by atoms with Gasteiger partial charge >= 0.3 is 0 Å². The summed E-state index contributed by atoms with van der Waals surface area (Å²) >= 11 is 0. The molecule has 1 unspecified atom stereocenters. The van der Waals surface area contributed by atoms with Crippen LogP contribution in [0.3, 0.4) is 0 Å². The van der Waals surface area contributed by atoms with Crippen molar-refractivity contribution in [2.75, 3.05) is 24.5 Å². The number of piperidine rings is 1. The summed E-state index contributed by atoms with van der Waals surface area (Å²) in [5, 5.41) is 15.2. The maximum atomic E-state index is 5.32. The highest BCUT2D eigenvalue weighted by molar-refractivity contribution is 5.80. The van der Waals surface area contributed by atoms with Crippen LogP contribution in [0.1, 0.15) is 38.1 Å². The summed E-state index contributed by atoms with van der Waals surface area (Å²) in [6.07, 6.45) is 7.14. The van der Waals surface area contributed by atoms with Crippen LogP contribution in [0, 0.1) is 0 Å². The van der Waals surface area contributed by atoms with Crippen molar-refractivity contribution >= 4 is 11.6 Å². The van der Waals surface area contributed by atoms with Crippen LogP contribution in [0.2, 0.25) is 0 Å². The van der Waals surface area contributed by atoms with Gasteiger partial charge in [-0.05, 0) is 26.2 Å². The summed E-state index contributed by atoms with van der Waals surface area (Å²) in [6, 6.07) is 2.32. The van der Waals surface area contributed by atoms with Gasteiger partial charge in [0.15, 0.2) is 11.7 Å². The molecule has 3 heterocycles. The van der Waals surface area contributed by atoms with Crippen LogP contribution >= 0.6 is 0 Å². The first-order valence-electron chi connectivity index (χ1n) is 9.40. The van der Waals surface area contributed by atoms with E-state index in [9.17, 15) is 0 Å². The molecule has 1 atom stereocenters. The highest BCUT2D eigenvalue weighted by Crippen LogP contribution is 2.19. The summed E-state index contributed by atoms with van der Waals surface area (Å²) in [4.78, 5) is 7.03. The van der Waals surface area contributed by atoms with Crippen LogP contribution < -0.4 is 15.5 Å². The van der Waals surface area contributed by atoms with Crippen molar-refractivity contribution in [2.45, 2.75) is 45.7 Å². The van der Waals surface area contributed by atoms with Gasteiger partial charge in [0.2, 0.25) is 0 Å². The molecule has 1 saturated heterocycles. The Morgan fingerprint density at radius 3 is 3.00 bits per heavy atom. The highest BCUT2D eigenvalue weighted by atomic mass is 16.5. The monoisotopic (exact) mass is 359 g/mol. The predicted molar refractivity (Wildman–Crippen MR) is 102 cm³/mol. The zero-order chi connectivity index (χ0) is 18.4. The van der Waals surface area contributed by atoms with Crippen molar-refractivity contribution in [3.8, 4) is 0 Å². The molecule has 8 heteroatoms. The molecule has 26 heavy (non-hydrogen) atoms. The van der Waals surface area contributed by atoms with E-state index in [2.05, 4.69) is 50.8 Å². The van der Waals surface area contributed by atoms with Crippen molar-refractivity contribution in [2.24, 2.45) is 12.0 Å². The number of aromatic nitrogens is 3. The molecule has 2 aromatic heterocycles. The van der Waals surface area contributed by atoms with Gasteiger partial charge in [0.05, 0.1) is 17.6 Å². The zero-order valence-electron chi connectivity index (χ0n) is 15.9. The highest BCUT2D eigenvalue weighted by Gasteiger charge is 2.21. The van der Waals surface area contributed by atoms with Gasteiger partial charge in [-0.25, -0.2) is 4.99 Å². The Morgan fingerprint density at radius 2 is 2.31 bits per heavy atom. The van der Waals surface area contributed by atoms with E-state index < -0.39 is 0 Å². The van der Waals surface area contributed by atoms with E-state index in [1.54, 1.807) is 0 Å². The zero-order valence-corrected chi connectivity index (χ0v) is 15.9. The second kappa shape index (κ2) is 8.73. The first-order valence-corrected chi connectivity index (χ1v) is 9.40. The number of rotatable bonds is 6. The van der Waals surface area contributed by atoms with Gasteiger partial charge in [-0.15, -0.1) is 0 Å². The predicted octanol–water partition coefficient (Wildman–Crippen LogP) is 1.69. The third-order valence-corrected chi connectivity index (χ3v) is 4.53.